The number of thioether (sulfide) groups is 1. The molecule has 1 aromatic rings. The quantitative estimate of drug-likeness (QED) is 0.919. The summed E-state index contributed by atoms with van der Waals surface area (Å²) in [5.74, 6) is 1.63. The standard InChI is InChI=1S/C14H20N2O2S/c1-10(9-19-3)16(2)14(17)11-5-4-6-12-13(11)18-8-7-15-12/h4-6,10,15H,7-9H2,1-3H3. The molecular formula is C14H20N2O2S. The van der Waals surface area contributed by atoms with E-state index in [9.17, 15) is 4.79 Å². The van der Waals surface area contributed by atoms with Crippen molar-refractivity contribution in [3.8, 4) is 5.75 Å². The van der Waals surface area contributed by atoms with E-state index in [0.29, 0.717) is 17.9 Å². The van der Waals surface area contributed by atoms with Crippen LogP contribution in [0.3, 0.4) is 0 Å². The summed E-state index contributed by atoms with van der Waals surface area (Å²) in [6.07, 6.45) is 2.05. The number of benzene rings is 1. The molecule has 0 bridgehead atoms. The molecule has 2 rings (SSSR count). The normalized spacial score (nSPS) is 14.9. The Hall–Kier alpha value is -1.36. The van der Waals surface area contributed by atoms with Gasteiger partial charge < -0.3 is 15.0 Å². The van der Waals surface area contributed by atoms with Gasteiger partial charge in [0.2, 0.25) is 0 Å². The second-order valence-corrected chi connectivity index (χ2v) is 5.59. The number of hydrogen-bond donors (Lipinski definition) is 1. The molecule has 0 saturated heterocycles. The van der Waals surface area contributed by atoms with Crippen LogP contribution in [0, 0.1) is 0 Å². The summed E-state index contributed by atoms with van der Waals surface area (Å²) in [5.41, 5.74) is 1.54. The number of amides is 1. The molecule has 1 heterocycles. The van der Waals surface area contributed by atoms with Gasteiger partial charge in [0.15, 0.2) is 5.75 Å². The number of carbonyl (C=O) groups excluding carboxylic acids is 1. The van der Waals surface area contributed by atoms with Gasteiger partial charge in [0, 0.05) is 25.4 Å². The first kappa shape index (κ1) is 14.1. The van der Waals surface area contributed by atoms with Crippen molar-refractivity contribution in [1.29, 1.82) is 0 Å². The molecule has 1 unspecified atom stereocenters. The summed E-state index contributed by atoms with van der Waals surface area (Å²) in [7, 11) is 1.85. The van der Waals surface area contributed by atoms with Crippen LogP contribution in [0.4, 0.5) is 5.69 Å². The number of hydrogen-bond acceptors (Lipinski definition) is 4. The van der Waals surface area contributed by atoms with Gasteiger partial charge in [-0.15, -0.1) is 0 Å². The fourth-order valence-corrected chi connectivity index (χ4v) is 2.79. The smallest absolute Gasteiger partial charge is 0.257 e. The number of anilines is 1. The lowest BCUT2D eigenvalue weighted by Crippen LogP contribution is -2.37. The maximum atomic E-state index is 12.5. The van der Waals surface area contributed by atoms with E-state index in [-0.39, 0.29) is 11.9 Å². The Morgan fingerprint density at radius 1 is 1.58 bits per heavy atom. The molecule has 0 radical (unpaired) electrons. The van der Waals surface area contributed by atoms with E-state index in [2.05, 4.69) is 12.2 Å². The first-order chi connectivity index (χ1) is 9.15. The van der Waals surface area contributed by atoms with Crippen molar-refractivity contribution in [1.82, 2.24) is 4.90 Å². The third-order valence-corrected chi connectivity index (χ3v) is 4.11. The second kappa shape index (κ2) is 6.19. The maximum absolute atomic E-state index is 12.5. The van der Waals surface area contributed by atoms with Gasteiger partial charge in [0.05, 0.1) is 11.3 Å². The van der Waals surface area contributed by atoms with E-state index in [4.69, 9.17) is 4.74 Å². The van der Waals surface area contributed by atoms with Crippen LogP contribution in [-0.4, -0.2) is 49.1 Å². The molecule has 5 heteroatoms. The van der Waals surface area contributed by atoms with E-state index < -0.39 is 0 Å². The average molecular weight is 280 g/mol. The molecule has 0 spiro atoms. The minimum Gasteiger partial charge on any atom is -0.489 e. The zero-order valence-corrected chi connectivity index (χ0v) is 12.4. The molecule has 4 nitrogen and oxygen atoms in total. The Labute approximate surface area is 118 Å². The average Bonchev–Trinajstić information content (AvgIpc) is 2.45. The van der Waals surface area contributed by atoms with Crippen LogP contribution in [0.5, 0.6) is 5.75 Å². The number of para-hydroxylation sites is 1. The predicted molar refractivity (Wildman–Crippen MR) is 80.4 cm³/mol. The Balaban J connectivity index is 2.24. The number of ether oxygens (including phenoxy) is 1. The molecule has 1 aliphatic rings. The summed E-state index contributed by atoms with van der Waals surface area (Å²) in [6.45, 7) is 3.44. The summed E-state index contributed by atoms with van der Waals surface area (Å²) in [5, 5.41) is 3.25. The number of carbonyl (C=O) groups is 1. The van der Waals surface area contributed by atoms with Crippen LogP contribution < -0.4 is 10.1 Å². The lowest BCUT2D eigenvalue weighted by molar-refractivity contribution is 0.0753. The number of nitrogens with zero attached hydrogens (tertiary/aromatic N) is 1. The van der Waals surface area contributed by atoms with Gasteiger partial charge in [-0.2, -0.15) is 11.8 Å². The zero-order valence-electron chi connectivity index (χ0n) is 11.6. The van der Waals surface area contributed by atoms with Gasteiger partial charge in [0.1, 0.15) is 6.61 Å². The highest BCUT2D eigenvalue weighted by atomic mass is 32.2. The fraction of sp³-hybridized carbons (Fsp3) is 0.500. The molecule has 1 atom stereocenters. The number of nitrogens with one attached hydrogen (secondary N) is 1. The first-order valence-electron chi connectivity index (χ1n) is 6.41. The van der Waals surface area contributed by atoms with Crippen LogP contribution in [0.2, 0.25) is 0 Å². The minimum absolute atomic E-state index is 0.0158. The van der Waals surface area contributed by atoms with Crippen molar-refractivity contribution >= 4 is 23.4 Å². The molecule has 1 N–H and O–H groups in total. The number of fused-ring (bicyclic) bond motifs is 1. The Morgan fingerprint density at radius 2 is 2.37 bits per heavy atom. The topological polar surface area (TPSA) is 41.6 Å². The highest BCUT2D eigenvalue weighted by molar-refractivity contribution is 7.98. The first-order valence-corrected chi connectivity index (χ1v) is 7.80. The largest absolute Gasteiger partial charge is 0.489 e. The van der Waals surface area contributed by atoms with E-state index in [0.717, 1.165) is 18.0 Å². The molecule has 0 aromatic heterocycles. The fourth-order valence-electron chi connectivity index (χ4n) is 2.08. The monoisotopic (exact) mass is 280 g/mol. The van der Waals surface area contributed by atoms with Gasteiger partial charge in [-0.25, -0.2) is 0 Å². The van der Waals surface area contributed by atoms with E-state index in [1.165, 1.54) is 0 Å². The van der Waals surface area contributed by atoms with E-state index in [1.807, 2.05) is 31.5 Å². The molecule has 0 fully saturated rings. The van der Waals surface area contributed by atoms with Crippen LogP contribution in [0.25, 0.3) is 0 Å². The minimum atomic E-state index is 0.0158. The number of rotatable bonds is 4. The summed E-state index contributed by atoms with van der Waals surface area (Å²) < 4.78 is 5.65. The molecule has 0 saturated carbocycles. The molecule has 104 valence electrons. The van der Waals surface area contributed by atoms with Crippen molar-refractivity contribution in [2.24, 2.45) is 0 Å². The maximum Gasteiger partial charge on any atom is 0.257 e. The Kier molecular flexibility index (Phi) is 4.58. The molecule has 19 heavy (non-hydrogen) atoms. The third kappa shape index (κ3) is 2.97. The predicted octanol–water partition coefficient (Wildman–Crippen LogP) is 2.31. The Morgan fingerprint density at radius 3 is 3.11 bits per heavy atom. The van der Waals surface area contributed by atoms with Crippen molar-refractivity contribution < 1.29 is 9.53 Å². The van der Waals surface area contributed by atoms with Gasteiger partial charge in [-0.05, 0) is 25.3 Å². The molecule has 1 aliphatic heterocycles. The molecule has 0 aliphatic carbocycles. The van der Waals surface area contributed by atoms with Crippen LogP contribution >= 0.6 is 11.8 Å². The summed E-state index contributed by atoms with van der Waals surface area (Å²) in [6, 6.07) is 5.86. The highest BCUT2D eigenvalue weighted by Gasteiger charge is 2.23. The molecular weight excluding hydrogens is 260 g/mol. The van der Waals surface area contributed by atoms with E-state index in [1.54, 1.807) is 16.7 Å². The van der Waals surface area contributed by atoms with Crippen molar-refractivity contribution in [3.05, 3.63) is 23.8 Å². The van der Waals surface area contributed by atoms with Crippen LogP contribution in [-0.2, 0) is 0 Å². The third-order valence-electron chi connectivity index (χ3n) is 3.30. The van der Waals surface area contributed by atoms with Gasteiger partial charge in [-0.3, -0.25) is 4.79 Å². The van der Waals surface area contributed by atoms with Crippen molar-refractivity contribution in [2.75, 3.05) is 37.5 Å². The van der Waals surface area contributed by atoms with Crippen molar-refractivity contribution in [3.63, 3.8) is 0 Å². The van der Waals surface area contributed by atoms with Crippen molar-refractivity contribution in [2.45, 2.75) is 13.0 Å². The van der Waals surface area contributed by atoms with Crippen LogP contribution in [0.15, 0.2) is 18.2 Å². The molecule has 1 aromatic carbocycles. The Bertz CT molecular complexity index is 465. The van der Waals surface area contributed by atoms with Gasteiger partial charge in [-0.1, -0.05) is 6.07 Å². The van der Waals surface area contributed by atoms with Gasteiger partial charge >= 0.3 is 0 Å². The zero-order chi connectivity index (χ0) is 13.8. The lowest BCUT2D eigenvalue weighted by atomic mass is 10.1. The summed E-state index contributed by atoms with van der Waals surface area (Å²) in [4.78, 5) is 14.3. The second-order valence-electron chi connectivity index (χ2n) is 4.68. The lowest BCUT2D eigenvalue weighted by Gasteiger charge is -2.27. The highest BCUT2D eigenvalue weighted by Crippen LogP contribution is 2.32. The van der Waals surface area contributed by atoms with E-state index >= 15 is 0 Å². The van der Waals surface area contributed by atoms with Gasteiger partial charge in [0.25, 0.3) is 5.91 Å². The molecule has 1 amide bonds. The summed E-state index contributed by atoms with van der Waals surface area (Å²) >= 11 is 1.74. The SMILES string of the molecule is CSCC(C)N(C)C(=O)c1cccc2c1OCCN2. The van der Waals surface area contributed by atoms with Crippen LogP contribution in [0.1, 0.15) is 17.3 Å².